The van der Waals surface area contributed by atoms with Gasteiger partial charge in [-0.05, 0) is 25.3 Å². The van der Waals surface area contributed by atoms with Crippen LogP contribution in [0.2, 0.25) is 0 Å². The first-order valence-corrected chi connectivity index (χ1v) is 8.02. The van der Waals surface area contributed by atoms with E-state index in [9.17, 15) is 4.79 Å². The highest BCUT2D eigenvalue weighted by Crippen LogP contribution is 2.31. The van der Waals surface area contributed by atoms with Crippen molar-refractivity contribution < 1.29 is 4.79 Å². The van der Waals surface area contributed by atoms with Crippen molar-refractivity contribution in [2.45, 2.75) is 19.9 Å². The molecular weight excluding hydrogens is 306 g/mol. The maximum Gasteiger partial charge on any atom is 0.263 e. The number of amides is 1. The lowest BCUT2D eigenvalue weighted by atomic mass is 10.3. The maximum absolute atomic E-state index is 12.4. The van der Waals surface area contributed by atoms with E-state index in [1.165, 1.54) is 17.7 Å². The highest BCUT2D eigenvalue weighted by molar-refractivity contribution is 7.22. The molecule has 8 heteroatoms. The van der Waals surface area contributed by atoms with Gasteiger partial charge in [0, 0.05) is 0 Å². The Balaban J connectivity index is 1.79. The number of H-pyrrole nitrogens is 1. The molecule has 3 rings (SSSR count). The summed E-state index contributed by atoms with van der Waals surface area (Å²) in [5.41, 5.74) is 0.741. The summed E-state index contributed by atoms with van der Waals surface area (Å²) in [4.78, 5) is 22.6. The molecule has 0 aliphatic rings. The van der Waals surface area contributed by atoms with Crippen molar-refractivity contribution >= 4 is 28.6 Å². The topological polar surface area (TPSA) is 83.6 Å². The van der Waals surface area contributed by atoms with Gasteiger partial charge in [-0.3, -0.25) is 9.89 Å². The van der Waals surface area contributed by atoms with Crippen LogP contribution in [0.1, 0.15) is 34.2 Å². The molecule has 0 bridgehead atoms. The highest BCUT2D eigenvalue weighted by Gasteiger charge is 2.19. The zero-order chi connectivity index (χ0) is 14.8. The van der Waals surface area contributed by atoms with Gasteiger partial charge in [-0.2, -0.15) is 5.10 Å². The molecule has 1 amide bonds. The summed E-state index contributed by atoms with van der Waals surface area (Å²) in [6, 6.07) is 3.75. The van der Waals surface area contributed by atoms with Gasteiger partial charge >= 0.3 is 0 Å². The van der Waals surface area contributed by atoms with E-state index in [-0.39, 0.29) is 11.9 Å². The third-order valence-electron chi connectivity index (χ3n) is 2.93. The third-order valence-corrected chi connectivity index (χ3v) is 5.12. The van der Waals surface area contributed by atoms with Gasteiger partial charge in [0.25, 0.3) is 5.91 Å². The van der Waals surface area contributed by atoms with Crippen LogP contribution < -0.4 is 5.32 Å². The lowest BCUT2D eigenvalue weighted by molar-refractivity contribution is 0.0941. The predicted octanol–water partition coefficient (Wildman–Crippen LogP) is 2.79. The number of aryl methyl sites for hydroxylation is 1. The van der Waals surface area contributed by atoms with E-state index in [2.05, 4.69) is 25.5 Å². The van der Waals surface area contributed by atoms with Gasteiger partial charge < -0.3 is 5.32 Å². The first kappa shape index (κ1) is 13.9. The minimum atomic E-state index is -0.230. The standard InChI is InChI=1S/C13H13N5OS2/c1-7-10(21-13(17-7)9-4-3-5-20-9)12(19)16-8(2)11-14-6-15-18-11/h3-6,8H,1-2H3,(H,16,19)(H,14,15,18). The third kappa shape index (κ3) is 2.86. The number of hydrogen-bond donors (Lipinski definition) is 2. The Morgan fingerprint density at radius 2 is 2.33 bits per heavy atom. The van der Waals surface area contributed by atoms with E-state index in [1.807, 2.05) is 31.4 Å². The SMILES string of the molecule is Cc1nc(-c2cccs2)sc1C(=O)NC(C)c1ncn[nH]1. The van der Waals surface area contributed by atoms with Crippen molar-refractivity contribution in [3.63, 3.8) is 0 Å². The number of carbonyl (C=O) groups is 1. The Bertz CT molecular complexity index is 733. The lowest BCUT2D eigenvalue weighted by Crippen LogP contribution is -2.27. The first-order valence-electron chi connectivity index (χ1n) is 6.32. The van der Waals surface area contributed by atoms with Crippen molar-refractivity contribution in [2.24, 2.45) is 0 Å². The van der Waals surface area contributed by atoms with E-state index in [1.54, 1.807) is 11.3 Å². The number of hydrogen-bond acceptors (Lipinski definition) is 6. The van der Waals surface area contributed by atoms with Crippen molar-refractivity contribution in [3.8, 4) is 9.88 Å². The number of aromatic amines is 1. The van der Waals surface area contributed by atoms with Crippen LogP contribution >= 0.6 is 22.7 Å². The first-order chi connectivity index (χ1) is 10.1. The molecule has 21 heavy (non-hydrogen) atoms. The zero-order valence-electron chi connectivity index (χ0n) is 11.5. The summed E-state index contributed by atoms with van der Waals surface area (Å²) in [5, 5.41) is 12.3. The molecule has 0 fully saturated rings. The van der Waals surface area contributed by atoms with Gasteiger partial charge in [0.1, 0.15) is 22.0 Å². The molecule has 0 radical (unpaired) electrons. The largest absolute Gasteiger partial charge is 0.342 e. The quantitative estimate of drug-likeness (QED) is 0.774. The molecule has 0 saturated carbocycles. The fraction of sp³-hybridized carbons (Fsp3) is 0.231. The van der Waals surface area contributed by atoms with Gasteiger partial charge in [0.2, 0.25) is 0 Å². The average Bonchev–Trinajstić information content (AvgIpc) is 3.20. The molecule has 2 N–H and O–H groups in total. The molecule has 0 aromatic carbocycles. The lowest BCUT2D eigenvalue weighted by Gasteiger charge is -2.09. The van der Waals surface area contributed by atoms with Crippen molar-refractivity contribution in [2.75, 3.05) is 0 Å². The number of carbonyl (C=O) groups excluding carboxylic acids is 1. The van der Waals surface area contributed by atoms with Crippen LogP contribution in [0.4, 0.5) is 0 Å². The van der Waals surface area contributed by atoms with E-state index in [0.717, 1.165) is 15.6 Å². The number of nitrogens with zero attached hydrogens (tertiary/aromatic N) is 3. The molecule has 0 aliphatic heterocycles. The van der Waals surface area contributed by atoms with Crippen LogP contribution in [0.25, 0.3) is 9.88 Å². The molecule has 1 atom stereocenters. The summed E-state index contributed by atoms with van der Waals surface area (Å²) >= 11 is 3.02. The van der Waals surface area contributed by atoms with E-state index < -0.39 is 0 Å². The Morgan fingerprint density at radius 1 is 1.48 bits per heavy atom. The molecule has 0 saturated heterocycles. The molecule has 0 aliphatic carbocycles. The molecule has 0 spiro atoms. The number of thiophene rings is 1. The number of rotatable bonds is 4. The van der Waals surface area contributed by atoms with Crippen LogP contribution in [0.15, 0.2) is 23.8 Å². The zero-order valence-corrected chi connectivity index (χ0v) is 13.1. The molecule has 3 heterocycles. The van der Waals surface area contributed by atoms with Crippen molar-refractivity contribution in [1.29, 1.82) is 0 Å². The maximum atomic E-state index is 12.4. The Kier molecular flexibility index (Phi) is 3.80. The van der Waals surface area contributed by atoms with Crippen LogP contribution in [0.3, 0.4) is 0 Å². The molecule has 6 nitrogen and oxygen atoms in total. The van der Waals surface area contributed by atoms with Crippen LogP contribution in [-0.4, -0.2) is 26.1 Å². The molecule has 3 aromatic heterocycles. The van der Waals surface area contributed by atoms with Gasteiger partial charge in [-0.25, -0.2) is 9.97 Å². The minimum absolute atomic E-state index is 0.142. The summed E-state index contributed by atoms with van der Waals surface area (Å²) in [5.74, 6) is 0.487. The molecule has 108 valence electrons. The van der Waals surface area contributed by atoms with Gasteiger partial charge in [-0.1, -0.05) is 6.07 Å². The Morgan fingerprint density at radius 3 is 3.00 bits per heavy atom. The number of nitrogens with one attached hydrogen (secondary N) is 2. The van der Waals surface area contributed by atoms with Crippen LogP contribution in [0.5, 0.6) is 0 Å². The minimum Gasteiger partial charge on any atom is -0.342 e. The Labute approximate surface area is 129 Å². The summed E-state index contributed by atoms with van der Waals surface area (Å²) in [6.07, 6.45) is 1.42. The summed E-state index contributed by atoms with van der Waals surface area (Å²) in [7, 11) is 0. The number of thiazole rings is 1. The fourth-order valence-corrected chi connectivity index (χ4v) is 3.63. The second-order valence-electron chi connectivity index (χ2n) is 4.48. The summed E-state index contributed by atoms with van der Waals surface area (Å²) < 4.78 is 0. The number of aromatic nitrogens is 4. The van der Waals surface area contributed by atoms with E-state index in [4.69, 9.17) is 0 Å². The van der Waals surface area contributed by atoms with Crippen molar-refractivity contribution in [3.05, 3.63) is 40.2 Å². The fourth-order valence-electron chi connectivity index (χ4n) is 1.87. The molecular formula is C13H13N5OS2. The monoisotopic (exact) mass is 319 g/mol. The van der Waals surface area contributed by atoms with E-state index >= 15 is 0 Å². The second kappa shape index (κ2) is 5.74. The van der Waals surface area contributed by atoms with E-state index in [0.29, 0.717) is 10.7 Å². The van der Waals surface area contributed by atoms with Gasteiger partial charge in [0.15, 0.2) is 0 Å². The van der Waals surface area contributed by atoms with Gasteiger partial charge in [0.05, 0.1) is 16.6 Å². The highest BCUT2D eigenvalue weighted by atomic mass is 32.1. The smallest absolute Gasteiger partial charge is 0.263 e. The molecule has 3 aromatic rings. The van der Waals surface area contributed by atoms with Crippen LogP contribution in [-0.2, 0) is 0 Å². The van der Waals surface area contributed by atoms with Gasteiger partial charge in [-0.15, -0.1) is 22.7 Å². The summed E-state index contributed by atoms with van der Waals surface area (Å²) in [6.45, 7) is 3.70. The predicted molar refractivity (Wildman–Crippen MR) is 82.4 cm³/mol. The normalized spacial score (nSPS) is 12.3. The average molecular weight is 319 g/mol. The Hall–Kier alpha value is -2.06. The van der Waals surface area contributed by atoms with Crippen LogP contribution in [0, 0.1) is 6.92 Å². The molecule has 1 unspecified atom stereocenters. The second-order valence-corrected chi connectivity index (χ2v) is 6.42. The van der Waals surface area contributed by atoms with Crippen molar-refractivity contribution in [1.82, 2.24) is 25.5 Å².